The van der Waals surface area contributed by atoms with Gasteiger partial charge in [-0.1, -0.05) is 35.5 Å². The highest BCUT2D eigenvalue weighted by Crippen LogP contribution is 2.29. The Bertz CT molecular complexity index is 654. The molecule has 2 aromatic carbocycles. The Morgan fingerprint density at radius 1 is 1.09 bits per heavy atom. The molecular weight excluding hydrogens is 295 g/mol. The second kappa shape index (κ2) is 6.98. The van der Waals surface area contributed by atoms with E-state index in [0.29, 0.717) is 11.3 Å². The summed E-state index contributed by atoms with van der Waals surface area (Å²) in [6.07, 6.45) is -3.13. The molecule has 0 N–H and O–H groups in total. The maximum absolute atomic E-state index is 12.6. The number of hydrogen-bond donors (Lipinski definition) is 0. The van der Waals surface area contributed by atoms with Gasteiger partial charge in [-0.25, -0.2) is 0 Å². The molecule has 0 spiro atoms. The summed E-state index contributed by atoms with van der Waals surface area (Å²) in [6, 6.07) is 12.1. The van der Waals surface area contributed by atoms with Crippen molar-refractivity contribution in [3.63, 3.8) is 0 Å². The summed E-state index contributed by atoms with van der Waals surface area (Å²) < 4.78 is 42.9. The molecule has 0 heterocycles. The van der Waals surface area contributed by atoms with Crippen LogP contribution in [0.3, 0.4) is 0 Å². The molecule has 22 heavy (non-hydrogen) atoms. The fourth-order valence-electron chi connectivity index (χ4n) is 1.82. The molecule has 0 saturated carbocycles. The summed E-state index contributed by atoms with van der Waals surface area (Å²) in [7, 11) is 1.55. The lowest BCUT2D eigenvalue weighted by molar-refractivity contribution is -0.137. The fourth-order valence-corrected chi connectivity index (χ4v) is 1.82. The fraction of sp³-hybridized carbons (Fsp3) is 0.188. The lowest BCUT2D eigenvalue weighted by atomic mass is 10.1. The van der Waals surface area contributed by atoms with E-state index >= 15 is 0 Å². The zero-order valence-electron chi connectivity index (χ0n) is 11.8. The Hall–Kier alpha value is -2.50. The van der Waals surface area contributed by atoms with E-state index in [1.165, 1.54) is 18.3 Å². The van der Waals surface area contributed by atoms with E-state index in [1.807, 2.05) is 18.2 Å². The van der Waals surface area contributed by atoms with Crippen LogP contribution in [0, 0.1) is 0 Å². The van der Waals surface area contributed by atoms with Crippen LogP contribution >= 0.6 is 0 Å². The zero-order valence-corrected chi connectivity index (χ0v) is 11.8. The van der Waals surface area contributed by atoms with E-state index in [1.54, 1.807) is 13.2 Å². The van der Waals surface area contributed by atoms with E-state index in [2.05, 4.69) is 5.16 Å². The molecule has 0 aromatic heterocycles. The first-order valence-electron chi connectivity index (χ1n) is 6.45. The number of methoxy groups -OCH3 is 1. The minimum absolute atomic E-state index is 0.166. The molecule has 0 saturated heterocycles. The van der Waals surface area contributed by atoms with Crippen LogP contribution < -0.4 is 4.74 Å². The van der Waals surface area contributed by atoms with Crippen LogP contribution in [0.2, 0.25) is 0 Å². The average molecular weight is 309 g/mol. The summed E-state index contributed by atoms with van der Waals surface area (Å²) in [5, 5.41) is 3.69. The SMILES string of the molecule is COc1ccccc1CON=Cc1cccc(C(F)(F)F)c1. The van der Waals surface area contributed by atoms with Crippen LogP contribution in [0.15, 0.2) is 53.7 Å². The monoisotopic (exact) mass is 309 g/mol. The van der Waals surface area contributed by atoms with Gasteiger partial charge in [0.15, 0.2) is 0 Å². The lowest BCUT2D eigenvalue weighted by Crippen LogP contribution is -2.05. The molecular formula is C16H14F3NO2. The Balaban J connectivity index is 1.98. The van der Waals surface area contributed by atoms with Gasteiger partial charge in [-0.05, 0) is 23.8 Å². The largest absolute Gasteiger partial charge is 0.496 e. The first-order valence-corrected chi connectivity index (χ1v) is 6.45. The van der Waals surface area contributed by atoms with Crippen LogP contribution in [0.4, 0.5) is 13.2 Å². The van der Waals surface area contributed by atoms with Gasteiger partial charge >= 0.3 is 6.18 Å². The number of para-hydroxylation sites is 1. The van der Waals surface area contributed by atoms with Crippen molar-refractivity contribution in [3.8, 4) is 5.75 Å². The quantitative estimate of drug-likeness (QED) is 0.610. The Labute approximate surface area is 126 Å². The molecule has 0 aliphatic rings. The Kier molecular flexibility index (Phi) is 5.04. The van der Waals surface area contributed by atoms with E-state index in [4.69, 9.17) is 9.57 Å². The van der Waals surface area contributed by atoms with Crippen LogP contribution in [-0.2, 0) is 17.6 Å². The molecule has 0 aliphatic heterocycles. The second-order valence-electron chi connectivity index (χ2n) is 4.44. The summed E-state index contributed by atoms with van der Waals surface area (Å²) >= 11 is 0. The second-order valence-corrected chi connectivity index (χ2v) is 4.44. The standard InChI is InChI=1S/C16H14F3NO2/c1-21-15-8-3-2-6-13(15)11-22-20-10-12-5-4-7-14(9-12)16(17,18)19/h2-10H,11H2,1H3. The molecule has 116 valence electrons. The third-order valence-electron chi connectivity index (χ3n) is 2.90. The van der Waals surface area contributed by atoms with Crippen molar-refractivity contribution in [3.05, 3.63) is 65.2 Å². The van der Waals surface area contributed by atoms with Gasteiger partial charge in [0.05, 0.1) is 18.9 Å². The van der Waals surface area contributed by atoms with E-state index in [0.717, 1.165) is 17.7 Å². The van der Waals surface area contributed by atoms with Crippen molar-refractivity contribution >= 4 is 6.21 Å². The number of halogens is 3. The van der Waals surface area contributed by atoms with Crippen molar-refractivity contribution in [2.75, 3.05) is 7.11 Å². The number of alkyl halides is 3. The van der Waals surface area contributed by atoms with Crippen molar-refractivity contribution in [1.29, 1.82) is 0 Å². The van der Waals surface area contributed by atoms with Crippen LogP contribution in [-0.4, -0.2) is 13.3 Å². The van der Waals surface area contributed by atoms with Crippen molar-refractivity contribution < 1.29 is 22.7 Å². The summed E-state index contributed by atoms with van der Waals surface area (Å²) in [5.74, 6) is 0.664. The van der Waals surface area contributed by atoms with E-state index < -0.39 is 11.7 Å². The number of nitrogens with zero attached hydrogens (tertiary/aromatic N) is 1. The van der Waals surface area contributed by atoms with Gasteiger partial charge in [0.2, 0.25) is 0 Å². The third-order valence-corrected chi connectivity index (χ3v) is 2.90. The predicted molar refractivity (Wildman–Crippen MR) is 76.8 cm³/mol. The van der Waals surface area contributed by atoms with Gasteiger partial charge in [0.25, 0.3) is 0 Å². The van der Waals surface area contributed by atoms with Crippen LogP contribution in [0.5, 0.6) is 5.75 Å². The first kappa shape index (κ1) is 15.9. The molecule has 2 rings (SSSR count). The molecule has 0 atom stereocenters. The number of hydrogen-bond acceptors (Lipinski definition) is 3. The maximum Gasteiger partial charge on any atom is 0.416 e. The minimum atomic E-state index is -4.37. The molecule has 0 fully saturated rings. The third kappa shape index (κ3) is 4.25. The number of rotatable bonds is 5. The highest BCUT2D eigenvalue weighted by Gasteiger charge is 2.30. The van der Waals surface area contributed by atoms with Crippen LogP contribution in [0.25, 0.3) is 0 Å². The predicted octanol–water partition coefficient (Wildman–Crippen LogP) is 4.26. The average Bonchev–Trinajstić information content (AvgIpc) is 2.51. The summed E-state index contributed by atoms with van der Waals surface area (Å²) in [5.41, 5.74) is 0.391. The first-order chi connectivity index (χ1) is 10.5. The lowest BCUT2D eigenvalue weighted by Gasteiger charge is -2.07. The normalized spacial score (nSPS) is 11.6. The van der Waals surface area contributed by atoms with Crippen molar-refractivity contribution in [2.45, 2.75) is 12.8 Å². The zero-order chi connectivity index (χ0) is 16.0. The number of oxime groups is 1. The van der Waals surface area contributed by atoms with Gasteiger partial charge in [-0.3, -0.25) is 0 Å². The van der Waals surface area contributed by atoms with Crippen molar-refractivity contribution in [1.82, 2.24) is 0 Å². The molecule has 0 radical (unpaired) electrons. The smallest absolute Gasteiger partial charge is 0.416 e. The molecule has 0 amide bonds. The molecule has 0 unspecified atom stereocenters. The van der Waals surface area contributed by atoms with Gasteiger partial charge in [-0.15, -0.1) is 0 Å². The molecule has 2 aromatic rings. The molecule has 0 bridgehead atoms. The molecule has 6 heteroatoms. The number of benzene rings is 2. The minimum Gasteiger partial charge on any atom is -0.496 e. The Morgan fingerprint density at radius 3 is 2.59 bits per heavy atom. The van der Waals surface area contributed by atoms with Gasteiger partial charge < -0.3 is 9.57 Å². The molecule has 3 nitrogen and oxygen atoms in total. The van der Waals surface area contributed by atoms with Gasteiger partial charge in [0.1, 0.15) is 12.4 Å². The highest BCUT2D eigenvalue weighted by molar-refractivity contribution is 5.79. The maximum atomic E-state index is 12.6. The molecule has 0 aliphatic carbocycles. The van der Waals surface area contributed by atoms with E-state index in [9.17, 15) is 13.2 Å². The topological polar surface area (TPSA) is 30.8 Å². The number of ether oxygens (including phenoxy) is 1. The Morgan fingerprint density at radius 2 is 1.86 bits per heavy atom. The summed E-state index contributed by atoms with van der Waals surface area (Å²) in [4.78, 5) is 5.10. The van der Waals surface area contributed by atoms with Gasteiger partial charge in [0, 0.05) is 5.56 Å². The summed E-state index contributed by atoms with van der Waals surface area (Å²) in [6.45, 7) is 0.166. The van der Waals surface area contributed by atoms with Crippen LogP contribution in [0.1, 0.15) is 16.7 Å². The van der Waals surface area contributed by atoms with Gasteiger partial charge in [-0.2, -0.15) is 13.2 Å². The van der Waals surface area contributed by atoms with Crippen molar-refractivity contribution in [2.24, 2.45) is 5.16 Å². The van der Waals surface area contributed by atoms with E-state index in [-0.39, 0.29) is 6.61 Å². The highest BCUT2D eigenvalue weighted by atomic mass is 19.4.